The van der Waals surface area contributed by atoms with Crippen molar-refractivity contribution in [2.24, 2.45) is 7.05 Å². The molecule has 0 bridgehead atoms. The number of rotatable bonds is 2. The summed E-state index contributed by atoms with van der Waals surface area (Å²) in [5, 5.41) is 5.16. The van der Waals surface area contributed by atoms with Gasteiger partial charge < -0.3 is 10.5 Å². The number of aromatic nitrogens is 3. The Morgan fingerprint density at radius 2 is 2.14 bits per heavy atom. The lowest BCUT2D eigenvalue weighted by Crippen LogP contribution is -2.37. The summed E-state index contributed by atoms with van der Waals surface area (Å²) in [5.74, 6) is 0.939. The molecule has 1 amide bonds. The quantitative estimate of drug-likeness (QED) is 0.917. The molecule has 2 heterocycles. The van der Waals surface area contributed by atoms with Crippen molar-refractivity contribution in [1.29, 1.82) is 0 Å². The number of nitrogen functional groups attached to an aromatic ring is 1. The summed E-state index contributed by atoms with van der Waals surface area (Å²) in [5.41, 5.74) is 5.96. The normalized spacial score (nSPS) is 11.7. The Balaban J connectivity index is 2.46. The molecule has 114 valence electrons. The van der Waals surface area contributed by atoms with Gasteiger partial charge >= 0.3 is 6.09 Å². The SMILES string of the molecule is CCN(C(=O)OC(C)(C)C)c1nn(C)c2cc(N)ncc12. The van der Waals surface area contributed by atoms with Gasteiger partial charge in [-0.05, 0) is 27.7 Å². The molecule has 0 unspecified atom stereocenters. The molecular weight excluding hydrogens is 270 g/mol. The van der Waals surface area contributed by atoms with E-state index in [4.69, 9.17) is 10.5 Å². The molecule has 0 spiro atoms. The lowest BCUT2D eigenvalue weighted by atomic mass is 10.2. The van der Waals surface area contributed by atoms with E-state index in [-0.39, 0.29) is 0 Å². The molecule has 2 rings (SSSR count). The molecule has 0 fully saturated rings. The van der Waals surface area contributed by atoms with E-state index in [0.29, 0.717) is 18.2 Å². The van der Waals surface area contributed by atoms with Crippen molar-refractivity contribution in [1.82, 2.24) is 14.8 Å². The topological polar surface area (TPSA) is 86.3 Å². The first-order chi connectivity index (χ1) is 9.73. The average molecular weight is 291 g/mol. The van der Waals surface area contributed by atoms with Gasteiger partial charge in [0.25, 0.3) is 0 Å². The maximum Gasteiger partial charge on any atom is 0.416 e. The summed E-state index contributed by atoms with van der Waals surface area (Å²) >= 11 is 0. The first-order valence-corrected chi connectivity index (χ1v) is 6.81. The van der Waals surface area contributed by atoms with Crippen molar-refractivity contribution in [3.8, 4) is 0 Å². The van der Waals surface area contributed by atoms with Crippen LogP contribution in [-0.4, -0.2) is 33.0 Å². The minimum Gasteiger partial charge on any atom is -0.443 e. The highest BCUT2D eigenvalue weighted by atomic mass is 16.6. The Bertz CT molecular complexity index is 672. The minimum atomic E-state index is -0.558. The first kappa shape index (κ1) is 15.1. The number of carbonyl (C=O) groups is 1. The lowest BCUT2D eigenvalue weighted by Gasteiger charge is -2.25. The molecule has 0 saturated heterocycles. The van der Waals surface area contributed by atoms with Gasteiger partial charge in [0.1, 0.15) is 11.4 Å². The Morgan fingerprint density at radius 1 is 1.48 bits per heavy atom. The van der Waals surface area contributed by atoms with Gasteiger partial charge in [-0.15, -0.1) is 0 Å². The monoisotopic (exact) mass is 291 g/mol. The maximum atomic E-state index is 12.3. The van der Waals surface area contributed by atoms with Crippen molar-refractivity contribution >= 4 is 28.6 Å². The highest BCUT2D eigenvalue weighted by Crippen LogP contribution is 2.27. The first-order valence-electron chi connectivity index (χ1n) is 6.81. The number of ether oxygens (including phenoxy) is 1. The molecular formula is C14H21N5O2. The van der Waals surface area contributed by atoms with Crippen LogP contribution in [0.3, 0.4) is 0 Å². The number of aryl methyl sites for hydroxylation is 1. The highest BCUT2D eigenvalue weighted by molar-refractivity contribution is 5.99. The summed E-state index contributed by atoms with van der Waals surface area (Å²) in [4.78, 5) is 17.9. The van der Waals surface area contributed by atoms with E-state index < -0.39 is 11.7 Å². The van der Waals surface area contributed by atoms with Crippen LogP contribution in [0.5, 0.6) is 0 Å². The third-order valence-corrected chi connectivity index (χ3v) is 2.92. The van der Waals surface area contributed by atoms with Gasteiger partial charge in [-0.2, -0.15) is 5.10 Å². The standard InChI is InChI=1S/C14H21N5O2/c1-6-19(13(20)21-14(2,3)4)12-9-8-16-11(15)7-10(9)18(5)17-12/h7-8H,6H2,1-5H3,(H2,15,16). The van der Waals surface area contributed by atoms with Gasteiger partial charge in [0, 0.05) is 25.9 Å². The van der Waals surface area contributed by atoms with Crippen molar-refractivity contribution < 1.29 is 9.53 Å². The molecule has 0 radical (unpaired) electrons. The molecule has 2 aromatic heterocycles. The predicted molar refractivity (Wildman–Crippen MR) is 82.2 cm³/mol. The number of nitrogens with two attached hydrogens (primary N) is 1. The van der Waals surface area contributed by atoms with Crippen molar-refractivity contribution in [3.63, 3.8) is 0 Å². The molecule has 7 nitrogen and oxygen atoms in total. The van der Waals surface area contributed by atoms with Crippen LogP contribution >= 0.6 is 0 Å². The van der Waals surface area contributed by atoms with Gasteiger partial charge in [-0.25, -0.2) is 9.78 Å². The second-order valence-electron chi connectivity index (χ2n) is 5.80. The zero-order chi connectivity index (χ0) is 15.8. The van der Waals surface area contributed by atoms with E-state index in [1.54, 1.807) is 24.0 Å². The predicted octanol–water partition coefficient (Wildman–Crippen LogP) is 2.31. The van der Waals surface area contributed by atoms with Crippen LogP contribution in [0.4, 0.5) is 16.4 Å². The Hall–Kier alpha value is -2.31. The number of nitrogens with zero attached hydrogens (tertiary/aromatic N) is 4. The van der Waals surface area contributed by atoms with Crippen molar-refractivity contribution in [3.05, 3.63) is 12.3 Å². The maximum absolute atomic E-state index is 12.3. The summed E-state index contributed by atoms with van der Waals surface area (Å²) in [6.45, 7) is 7.81. The molecule has 0 atom stereocenters. The fourth-order valence-corrected chi connectivity index (χ4v) is 2.03. The second kappa shape index (κ2) is 5.23. The zero-order valence-electron chi connectivity index (χ0n) is 13.0. The molecule has 0 aromatic carbocycles. The molecule has 0 aliphatic rings. The number of amides is 1. The van der Waals surface area contributed by atoms with Gasteiger partial charge in [0.15, 0.2) is 5.82 Å². The highest BCUT2D eigenvalue weighted by Gasteiger charge is 2.26. The van der Waals surface area contributed by atoms with E-state index >= 15 is 0 Å². The number of hydrogen-bond acceptors (Lipinski definition) is 5. The van der Waals surface area contributed by atoms with Gasteiger partial charge in [-0.1, -0.05) is 0 Å². The number of carbonyl (C=O) groups excluding carboxylic acids is 1. The lowest BCUT2D eigenvalue weighted by molar-refractivity contribution is 0.0581. The minimum absolute atomic E-state index is 0.414. The molecule has 21 heavy (non-hydrogen) atoms. The molecule has 0 saturated carbocycles. The van der Waals surface area contributed by atoms with Crippen molar-refractivity contribution in [2.75, 3.05) is 17.2 Å². The summed E-state index contributed by atoms with van der Waals surface area (Å²) in [7, 11) is 1.80. The third-order valence-electron chi connectivity index (χ3n) is 2.92. The zero-order valence-corrected chi connectivity index (χ0v) is 13.0. The van der Waals surface area contributed by atoms with Crippen LogP contribution in [0.25, 0.3) is 10.9 Å². The van der Waals surface area contributed by atoms with E-state index in [0.717, 1.165) is 10.9 Å². The molecule has 2 N–H and O–H groups in total. The molecule has 7 heteroatoms. The second-order valence-corrected chi connectivity index (χ2v) is 5.80. The number of hydrogen-bond donors (Lipinski definition) is 1. The third kappa shape index (κ3) is 3.07. The average Bonchev–Trinajstić information content (AvgIpc) is 2.65. The van der Waals surface area contributed by atoms with Crippen LogP contribution < -0.4 is 10.6 Å². The summed E-state index contributed by atoms with van der Waals surface area (Å²) in [6.07, 6.45) is 1.20. The summed E-state index contributed by atoms with van der Waals surface area (Å²) in [6, 6.07) is 1.73. The molecule has 2 aromatic rings. The van der Waals surface area contributed by atoms with E-state index in [2.05, 4.69) is 10.1 Å². The Morgan fingerprint density at radius 3 is 2.71 bits per heavy atom. The van der Waals surface area contributed by atoms with E-state index in [1.807, 2.05) is 27.7 Å². The fraction of sp³-hybridized carbons (Fsp3) is 0.500. The Kier molecular flexibility index (Phi) is 3.76. The van der Waals surface area contributed by atoms with Crippen LogP contribution in [0.2, 0.25) is 0 Å². The summed E-state index contributed by atoms with van der Waals surface area (Å²) < 4.78 is 7.10. The Labute approximate surface area is 123 Å². The van der Waals surface area contributed by atoms with Crippen molar-refractivity contribution in [2.45, 2.75) is 33.3 Å². The molecule has 0 aliphatic carbocycles. The number of pyridine rings is 1. The van der Waals surface area contributed by atoms with Gasteiger partial charge in [0.2, 0.25) is 0 Å². The smallest absolute Gasteiger partial charge is 0.416 e. The number of anilines is 2. The fourth-order valence-electron chi connectivity index (χ4n) is 2.03. The largest absolute Gasteiger partial charge is 0.443 e. The van der Waals surface area contributed by atoms with Gasteiger partial charge in [-0.3, -0.25) is 9.58 Å². The van der Waals surface area contributed by atoms with Crippen LogP contribution in [0.15, 0.2) is 12.3 Å². The van der Waals surface area contributed by atoms with Crippen LogP contribution in [-0.2, 0) is 11.8 Å². The van der Waals surface area contributed by atoms with Gasteiger partial charge in [0.05, 0.1) is 10.9 Å². The van der Waals surface area contributed by atoms with E-state index in [1.165, 1.54) is 4.90 Å². The number of fused-ring (bicyclic) bond motifs is 1. The van der Waals surface area contributed by atoms with Crippen LogP contribution in [0.1, 0.15) is 27.7 Å². The van der Waals surface area contributed by atoms with Crippen LogP contribution in [0, 0.1) is 0 Å². The van der Waals surface area contributed by atoms with E-state index in [9.17, 15) is 4.79 Å². The molecule has 0 aliphatic heterocycles.